The number of rotatable bonds is 8. The highest BCUT2D eigenvalue weighted by Gasteiger charge is 2.14. The van der Waals surface area contributed by atoms with Crippen LogP contribution in [-0.4, -0.2) is 33.2 Å². The van der Waals surface area contributed by atoms with Crippen LogP contribution in [0, 0.1) is 13.8 Å². The van der Waals surface area contributed by atoms with Crippen LogP contribution in [0.1, 0.15) is 64.5 Å². The summed E-state index contributed by atoms with van der Waals surface area (Å²) in [5.41, 5.74) is 5.22. The van der Waals surface area contributed by atoms with Gasteiger partial charge in [-0.15, -0.1) is 0 Å². The molecule has 0 aliphatic rings. The molecule has 0 radical (unpaired) electrons. The van der Waals surface area contributed by atoms with Gasteiger partial charge in [-0.2, -0.15) is 0 Å². The van der Waals surface area contributed by atoms with Crippen molar-refractivity contribution in [3.8, 4) is 0 Å². The van der Waals surface area contributed by atoms with Crippen molar-refractivity contribution in [3.05, 3.63) is 105 Å². The van der Waals surface area contributed by atoms with E-state index < -0.39 is 17.9 Å². The molecule has 0 fully saturated rings. The van der Waals surface area contributed by atoms with Gasteiger partial charge >= 0.3 is 17.9 Å². The Morgan fingerprint density at radius 2 is 1.28 bits per heavy atom. The number of hydrogen-bond donors (Lipinski definition) is 3. The van der Waals surface area contributed by atoms with Gasteiger partial charge in [0.2, 0.25) is 0 Å². The monoisotopic (exact) mass is 432 g/mol. The fraction of sp³-hybridized carbons (Fsp3) is 0.192. The second-order valence-electron chi connectivity index (χ2n) is 7.94. The van der Waals surface area contributed by atoms with Crippen molar-refractivity contribution >= 4 is 17.9 Å². The van der Waals surface area contributed by atoms with Crippen LogP contribution in [0.5, 0.6) is 0 Å². The second-order valence-corrected chi connectivity index (χ2v) is 7.94. The highest BCUT2D eigenvalue weighted by Crippen LogP contribution is 2.20. The molecule has 0 unspecified atom stereocenters. The number of aryl methyl sites for hydroxylation is 4. The molecule has 3 aromatic carbocycles. The molecule has 3 rings (SSSR count). The van der Waals surface area contributed by atoms with Crippen LogP contribution in [0.4, 0.5) is 0 Å². The summed E-state index contributed by atoms with van der Waals surface area (Å²) in [6.07, 6.45) is 1.39. The summed E-state index contributed by atoms with van der Waals surface area (Å²) in [6, 6.07) is 15.6. The Morgan fingerprint density at radius 3 is 1.91 bits per heavy atom. The molecule has 0 aliphatic heterocycles. The maximum Gasteiger partial charge on any atom is 0.335 e. The van der Waals surface area contributed by atoms with Gasteiger partial charge in [-0.3, -0.25) is 0 Å². The zero-order chi connectivity index (χ0) is 23.4. The van der Waals surface area contributed by atoms with Gasteiger partial charge in [0.05, 0.1) is 16.7 Å². The fourth-order valence-electron chi connectivity index (χ4n) is 3.81. The molecule has 32 heavy (non-hydrogen) atoms. The number of benzene rings is 3. The van der Waals surface area contributed by atoms with Gasteiger partial charge in [-0.1, -0.05) is 35.9 Å². The van der Waals surface area contributed by atoms with Gasteiger partial charge in [0.1, 0.15) is 0 Å². The molecule has 0 aliphatic carbocycles. The molecule has 0 aromatic heterocycles. The normalized spacial score (nSPS) is 10.7. The summed E-state index contributed by atoms with van der Waals surface area (Å²) >= 11 is 0. The predicted octanol–water partition coefficient (Wildman–Crippen LogP) is 4.77. The minimum atomic E-state index is -1.03. The Balaban J connectivity index is 1.83. The Hall–Kier alpha value is -3.93. The first-order chi connectivity index (χ1) is 15.1. The van der Waals surface area contributed by atoms with Crippen molar-refractivity contribution in [2.45, 2.75) is 33.1 Å². The zero-order valence-electron chi connectivity index (χ0n) is 17.9. The molecule has 6 heteroatoms. The summed E-state index contributed by atoms with van der Waals surface area (Å²) in [5.74, 6) is -3.02. The van der Waals surface area contributed by atoms with Crippen molar-refractivity contribution < 1.29 is 29.7 Å². The summed E-state index contributed by atoms with van der Waals surface area (Å²) in [7, 11) is 0. The van der Waals surface area contributed by atoms with Gasteiger partial charge in [-0.25, -0.2) is 14.4 Å². The highest BCUT2D eigenvalue weighted by atomic mass is 16.4. The van der Waals surface area contributed by atoms with Gasteiger partial charge in [0, 0.05) is 0 Å². The number of carbonyl (C=O) groups is 3. The Morgan fingerprint density at radius 1 is 0.656 bits per heavy atom. The van der Waals surface area contributed by atoms with Crippen molar-refractivity contribution in [1.82, 2.24) is 0 Å². The lowest BCUT2D eigenvalue weighted by Crippen LogP contribution is -2.06. The van der Waals surface area contributed by atoms with E-state index in [1.165, 1.54) is 0 Å². The molecule has 0 bridgehead atoms. The third-order valence-corrected chi connectivity index (χ3v) is 5.41. The molecule has 0 heterocycles. The maximum atomic E-state index is 11.9. The Kier molecular flexibility index (Phi) is 6.73. The molecule has 0 atom stereocenters. The maximum absolute atomic E-state index is 11.9. The van der Waals surface area contributed by atoms with Crippen molar-refractivity contribution in [1.29, 1.82) is 0 Å². The van der Waals surface area contributed by atoms with E-state index in [1.54, 1.807) is 43.3 Å². The summed E-state index contributed by atoms with van der Waals surface area (Å²) in [5, 5.41) is 28.3. The van der Waals surface area contributed by atoms with Crippen LogP contribution in [0.15, 0.2) is 54.6 Å². The summed E-state index contributed by atoms with van der Waals surface area (Å²) < 4.78 is 0. The lowest BCUT2D eigenvalue weighted by atomic mass is 9.94. The van der Waals surface area contributed by atoms with E-state index in [1.807, 2.05) is 25.1 Å². The van der Waals surface area contributed by atoms with Gasteiger partial charge in [0.25, 0.3) is 0 Å². The van der Waals surface area contributed by atoms with E-state index in [-0.39, 0.29) is 16.7 Å². The first-order valence-electron chi connectivity index (χ1n) is 10.2. The average molecular weight is 432 g/mol. The van der Waals surface area contributed by atoms with Crippen molar-refractivity contribution in [2.75, 3.05) is 0 Å². The average Bonchev–Trinajstić information content (AvgIpc) is 2.73. The minimum Gasteiger partial charge on any atom is -0.478 e. The Labute approximate surface area is 185 Å². The highest BCUT2D eigenvalue weighted by molar-refractivity contribution is 5.90. The Bertz CT molecular complexity index is 1210. The first kappa shape index (κ1) is 22.7. The molecule has 0 saturated heterocycles. The molecular formula is C26H24O6. The number of carboxylic acid groups (broad SMARTS) is 3. The quantitative estimate of drug-likeness (QED) is 0.473. The number of aromatic carboxylic acids is 3. The van der Waals surface area contributed by atoms with Crippen LogP contribution >= 0.6 is 0 Å². The van der Waals surface area contributed by atoms with Gasteiger partial charge < -0.3 is 15.3 Å². The molecule has 3 aromatic rings. The summed E-state index contributed by atoms with van der Waals surface area (Å²) in [4.78, 5) is 34.5. The first-order valence-corrected chi connectivity index (χ1v) is 10.2. The molecular weight excluding hydrogens is 408 g/mol. The lowest BCUT2D eigenvalue weighted by molar-refractivity contribution is 0.0685. The van der Waals surface area contributed by atoms with Crippen LogP contribution in [-0.2, 0) is 19.3 Å². The van der Waals surface area contributed by atoms with E-state index >= 15 is 0 Å². The van der Waals surface area contributed by atoms with Gasteiger partial charge in [0.15, 0.2) is 0 Å². The molecule has 6 nitrogen and oxygen atoms in total. The fourth-order valence-corrected chi connectivity index (χ4v) is 3.81. The second kappa shape index (κ2) is 9.47. The number of hydrogen-bond acceptors (Lipinski definition) is 3. The van der Waals surface area contributed by atoms with Gasteiger partial charge in [-0.05, 0) is 85.2 Å². The topological polar surface area (TPSA) is 112 Å². The minimum absolute atomic E-state index is 0.194. The van der Waals surface area contributed by atoms with Crippen LogP contribution in [0.25, 0.3) is 0 Å². The van der Waals surface area contributed by atoms with Crippen molar-refractivity contribution in [3.63, 3.8) is 0 Å². The lowest BCUT2D eigenvalue weighted by Gasteiger charge is -2.11. The summed E-state index contributed by atoms with van der Waals surface area (Å²) in [6.45, 7) is 3.56. The van der Waals surface area contributed by atoms with E-state index in [0.29, 0.717) is 30.4 Å². The smallest absolute Gasteiger partial charge is 0.335 e. The third kappa shape index (κ3) is 5.40. The van der Waals surface area contributed by atoms with Crippen molar-refractivity contribution in [2.24, 2.45) is 0 Å². The third-order valence-electron chi connectivity index (χ3n) is 5.41. The van der Waals surface area contributed by atoms with E-state index in [9.17, 15) is 29.7 Å². The largest absolute Gasteiger partial charge is 0.478 e. The number of carboxylic acids is 3. The predicted molar refractivity (Wildman–Crippen MR) is 120 cm³/mol. The van der Waals surface area contributed by atoms with E-state index in [2.05, 4.69) is 0 Å². The van der Waals surface area contributed by atoms with E-state index in [4.69, 9.17) is 0 Å². The van der Waals surface area contributed by atoms with Crippen LogP contribution < -0.4 is 0 Å². The molecule has 164 valence electrons. The zero-order valence-corrected chi connectivity index (χ0v) is 17.9. The van der Waals surface area contributed by atoms with Crippen LogP contribution in [0.3, 0.4) is 0 Å². The molecule has 3 N–H and O–H groups in total. The van der Waals surface area contributed by atoms with Crippen LogP contribution in [0.2, 0.25) is 0 Å². The van der Waals surface area contributed by atoms with E-state index in [0.717, 1.165) is 22.3 Å². The SMILES string of the molecule is Cc1cc(CCc2ccc(Cc3ccc(C)c(C(=O)O)c3)cc2C(=O)O)cc(C(=O)O)c1. The molecule has 0 saturated carbocycles. The standard InChI is InChI=1S/C26H24O6/c1-15-9-17(12-21(10-15)24(27)28)5-7-20-8-6-19(14-23(20)26(31)32)11-18-4-3-16(2)22(13-18)25(29)30/h3-4,6,8-10,12-14H,5,7,11H2,1-2H3,(H,27,28)(H,29,30)(H,31,32). The molecule has 0 spiro atoms. The molecule has 0 amide bonds.